The lowest BCUT2D eigenvalue weighted by Gasteiger charge is -2.40. The summed E-state index contributed by atoms with van der Waals surface area (Å²) in [7, 11) is 0. The Morgan fingerprint density at radius 2 is 1.41 bits per heavy atom. The molecule has 1 saturated heterocycles. The van der Waals surface area contributed by atoms with E-state index in [1.807, 2.05) is 18.2 Å². The quantitative estimate of drug-likeness (QED) is 0.293. The maximum absolute atomic E-state index is 13.6. The van der Waals surface area contributed by atoms with E-state index in [0.717, 1.165) is 42.9 Å². The normalized spacial score (nSPS) is 15.1. The van der Waals surface area contributed by atoms with Crippen LogP contribution in [0, 0.1) is 5.82 Å². The molecular formula is C32H32FN5O. The van der Waals surface area contributed by atoms with Gasteiger partial charge in [0.25, 0.3) is 0 Å². The molecule has 198 valence electrons. The number of hydrogen-bond donors (Lipinski definition) is 1. The van der Waals surface area contributed by atoms with Gasteiger partial charge < -0.3 is 10.6 Å². The average molecular weight is 522 g/mol. The van der Waals surface area contributed by atoms with E-state index in [-0.39, 0.29) is 17.5 Å². The van der Waals surface area contributed by atoms with Crippen molar-refractivity contribution in [1.29, 1.82) is 0 Å². The molecule has 0 atom stereocenters. The summed E-state index contributed by atoms with van der Waals surface area (Å²) < 4.78 is 13.6. The van der Waals surface area contributed by atoms with Gasteiger partial charge in [-0.2, -0.15) is 0 Å². The van der Waals surface area contributed by atoms with Crippen molar-refractivity contribution >= 4 is 17.4 Å². The van der Waals surface area contributed by atoms with Gasteiger partial charge in [-0.05, 0) is 60.4 Å². The minimum absolute atomic E-state index is 0.0754. The van der Waals surface area contributed by atoms with Gasteiger partial charge in [0.1, 0.15) is 5.82 Å². The Labute approximate surface area is 228 Å². The summed E-state index contributed by atoms with van der Waals surface area (Å²) >= 11 is 0. The van der Waals surface area contributed by atoms with Crippen molar-refractivity contribution < 1.29 is 9.18 Å². The third-order valence-corrected chi connectivity index (χ3v) is 8.13. The zero-order valence-electron chi connectivity index (χ0n) is 22.3. The second kappa shape index (κ2) is 10.2. The van der Waals surface area contributed by atoms with E-state index in [4.69, 9.17) is 5.73 Å². The molecule has 1 aromatic heterocycles. The van der Waals surface area contributed by atoms with Gasteiger partial charge in [-0.15, -0.1) is 0 Å². The fourth-order valence-corrected chi connectivity index (χ4v) is 6.06. The smallest absolute Gasteiger partial charge is 0.221 e. The van der Waals surface area contributed by atoms with Crippen LogP contribution >= 0.6 is 0 Å². The van der Waals surface area contributed by atoms with E-state index in [0.29, 0.717) is 34.1 Å². The molecule has 0 unspecified atom stereocenters. The topological polar surface area (TPSA) is 75.3 Å². The van der Waals surface area contributed by atoms with Gasteiger partial charge in [0.05, 0.1) is 17.0 Å². The second-order valence-corrected chi connectivity index (χ2v) is 10.3. The number of nitrogens with zero attached hydrogens (tertiary/aromatic N) is 4. The minimum atomic E-state index is -0.356. The van der Waals surface area contributed by atoms with Gasteiger partial charge in [-0.3, -0.25) is 9.69 Å². The standard InChI is InChI=1S/C32H32FN5O/c1-3-23(4-2)37-16-18-38(19-17-37)24-14-10-20(11-15-24)25-6-5-7-26-27(25)30-28(31(26)39)29(35-32(34)36-30)21-8-12-22(33)13-9-21/h5-15,23H,3-4,16-19H2,1-2H3,(H2,34,35,36). The van der Waals surface area contributed by atoms with Crippen LogP contribution in [0.1, 0.15) is 42.6 Å². The van der Waals surface area contributed by atoms with E-state index < -0.39 is 0 Å². The summed E-state index contributed by atoms with van der Waals surface area (Å²) in [5.41, 5.74) is 12.6. The van der Waals surface area contributed by atoms with E-state index >= 15 is 0 Å². The van der Waals surface area contributed by atoms with Crippen LogP contribution in [0.3, 0.4) is 0 Å². The molecule has 2 N–H and O–H groups in total. The van der Waals surface area contributed by atoms with Crippen LogP contribution in [-0.4, -0.2) is 52.9 Å². The molecule has 7 heteroatoms. The molecule has 2 aliphatic rings. The monoisotopic (exact) mass is 521 g/mol. The highest BCUT2D eigenvalue weighted by Gasteiger charge is 2.34. The zero-order valence-corrected chi connectivity index (χ0v) is 22.3. The Morgan fingerprint density at radius 1 is 0.795 bits per heavy atom. The van der Waals surface area contributed by atoms with Gasteiger partial charge in [-0.25, -0.2) is 14.4 Å². The molecule has 6 nitrogen and oxygen atoms in total. The molecule has 0 saturated carbocycles. The third-order valence-electron chi connectivity index (χ3n) is 8.13. The number of rotatable bonds is 6. The number of aromatic nitrogens is 2. The highest BCUT2D eigenvalue weighted by atomic mass is 19.1. The largest absolute Gasteiger partial charge is 0.369 e. The number of nitrogens with two attached hydrogens (primary N) is 1. The van der Waals surface area contributed by atoms with E-state index in [1.54, 1.807) is 12.1 Å². The number of nitrogen functional groups attached to an aromatic ring is 1. The van der Waals surface area contributed by atoms with Crippen LogP contribution in [0.2, 0.25) is 0 Å². The number of ketones is 1. The van der Waals surface area contributed by atoms with Crippen molar-refractivity contribution in [1.82, 2.24) is 14.9 Å². The van der Waals surface area contributed by atoms with Crippen molar-refractivity contribution in [2.24, 2.45) is 0 Å². The summed E-state index contributed by atoms with van der Waals surface area (Å²) in [6, 6.07) is 20.9. The first-order chi connectivity index (χ1) is 19.0. The second-order valence-electron chi connectivity index (χ2n) is 10.3. The summed E-state index contributed by atoms with van der Waals surface area (Å²) in [5, 5.41) is 0. The summed E-state index contributed by atoms with van der Waals surface area (Å²) in [5.74, 6) is -0.426. The third kappa shape index (κ3) is 4.46. The van der Waals surface area contributed by atoms with Crippen LogP contribution in [0.25, 0.3) is 33.6 Å². The molecule has 0 spiro atoms. The zero-order chi connectivity index (χ0) is 27.1. The lowest BCUT2D eigenvalue weighted by molar-refractivity contribution is 0.104. The van der Waals surface area contributed by atoms with Crippen molar-refractivity contribution in [3.05, 3.63) is 83.7 Å². The SMILES string of the molecule is CCC(CC)N1CCN(c2ccc(-c3cccc4c3-c3nc(N)nc(-c5ccc(F)cc5)c3C4=O)cc2)CC1. The Bertz CT molecular complexity index is 1520. The average Bonchev–Trinajstić information content (AvgIpc) is 3.26. The van der Waals surface area contributed by atoms with E-state index in [2.05, 4.69) is 57.9 Å². The van der Waals surface area contributed by atoms with E-state index in [9.17, 15) is 9.18 Å². The van der Waals surface area contributed by atoms with E-state index in [1.165, 1.54) is 30.7 Å². The Hall–Kier alpha value is -4.10. The Morgan fingerprint density at radius 3 is 2.08 bits per heavy atom. The summed E-state index contributed by atoms with van der Waals surface area (Å²) in [4.78, 5) is 27.6. The number of piperazine rings is 1. The van der Waals surface area contributed by atoms with Gasteiger partial charge in [0.15, 0.2) is 5.78 Å². The molecule has 39 heavy (non-hydrogen) atoms. The molecule has 1 aliphatic heterocycles. The van der Waals surface area contributed by atoms with Gasteiger partial charge in [-0.1, -0.05) is 44.2 Å². The molecule has 0 amide bonds. The fraction of sp³-hybridized carbons (Fsp3) is 0.281. The molecule has 0 radical (unpaired) electrons. The first kappa shape index (κ1) is 25.2. The predicted octanol–water partition coefficient (Wildman–Crippen LogP) is 6.05. The van der Waals surface area contributed by atoms with Crippen LogP contribution in [-0.2, 0) is 0 Å². The Kier molecular flexibility index (Phi) is 6.61. The number of carbonyl (C=O) groups excluding carboxylic acids is 1. The molecule has 2 heterocycles. The fourth-order valence-electron chi connectivity index (χ4n) is 6.06. The van der Waals surface area contributed by atoms with Gasteiger partial charge in [0.2, 0.25) is 5.95 Å². The minimum Gasteiger partial charge on any atom is -0.369 e. The molecular weight excluding hydrogens is 489 g/mol. The maximum Gasteiger partial charge on any atom is 0.221 e. The van der Waals surface area contributed by atoms with Crippen LogP contribution < -0.4 is 10.6 Å². The molecule has 1 aliphatic carbocycles. The molecule has 3 aromatic carbocycles. The number of carbonyl (C=O) groups is 1. The van der Waals surface area contributed by atoms with Gasteiger partial charge >= 0.3 is 0 Å². The van der Waals surface area contributed by atoms with Crippen molar-refractivity contribution in [3.8, 4) is 33.6 Å². The highest BCUT2D eigenvalue weighted by molar-refractivity contribution is 6.25. The highest BCUT2D eigenvalue weighted by Crippen LogP contribution is 2.45. The van der Waals surface area contributed by atoms with Crippen molar-refractivity contribution in [2.45, 2.75) is 32.7 Å². The first-order valence-corrected chi connectivity index (χ1v) is 13.7. The number of benzene rings is 3. The molecule has 1 fully saturated rings. The summed E-state index contributed by atoms with van der Waals surface area (Å²) in [6.45, 7) is 8.74. The number of hydrogen-bond acceptors (Lipinski definition) is 6. The predicted molar refractivity (Wildman–Crippen MR) is 154 cm³/mol. The van der Waals surface area contributed by atoms with Crippen LogP contribution in [0.4, 0.5) is 16.0 Å². The van der Waals surface area contributed by atoms with Crippen LogP contribution in [0.15, 0.2) is 66.7 Å². The Balaban J connectivity index is 1.33. The van der Waals surface area contributed by atoms with Crippen molar-refractivity contribution in [2.75, 3.05) is 36.8 Å². The number of halogens is 1. The molecule has 6 rings (SSSR count). The van der Waals surface area contributed by atoms with Crippen molar-refractivity contribution in [3.63, 3.8) is 0 Å². The molecule has 4 aromatic rings. The maximum atomic E-state index is 13.6. The number of fused-ring (bicyclic) bond motifs is 3. The molecule has 0 bridgehead atoms. The number of anilines is 2. The van der Waals surface area contributed by atoms with Crippen LogP contribution in [0.5, 0.6) is 0 Å². The summed E-state index contributed by atoms with van der Waals surface area (Å²) in [6.07, 6.45) is 2.39. The lowest BCUT2D eigenvalue weighted by Crippen LogP contribution is -2.50. The lowest BCUT2D eigenvalue weighted by atomic mass is 9.96. The van der Waals surface area contributed by atoms with Gasteiger partial charge in [0, 0.05) is 54.6 Å². The first-order valence-electron chi connectivity index (χ1n) is 13.7.